The van der Waals surface area contributed by atoms with Crippen LogP contribution in [0.25, 0.3) is 11.4 Å². The number of aromatic nitrogens is 4. The van der Waals surface area contributed by atoms with Crippen molar-refractivity contribution in [2.24, 2.45) is 0 Å². The van der Waals surface area contributed by atoms with Gasteiger partial charge in [-0.1, -0.05) is 29.4 Å². The molecule has 3 aromatic rings. The minimum Gasteiger partial charge on any atom is -0.394 e. The fraction of sp³-hybridized carbons (Fsp3) is 0.450. The van der Waals surface area contributed by atoms with Crippen LogP contribution in [0.3, 0.4) is 0 Å². The van der Waals surface area contributed by atoms with Crippen molar-refractivity contribution in [3.8, 4) is 11.4 Å². The SMILES string of the molecule is Cc1ccccc1-c1noc(CN2CCC[C@H](c3ccn(CCO)n3)C2)n1. The molecule has 0 radical (unpaired) electrons. The number of nitrogens with zero attached hydrogens (tertiary/aromatic N) is 5. The maximum absolute atomic E-state index is 9.05. The first-order chi connectivity index (χ1) is 13.2. The van der Waals surface area contributed by atoms with Crippen LogP contribution in [0.1, 0.15) is 35.9 Å². The lowest BCUT2D eigenvalue weighted by Crippen LogP contribution is -2.34. The van der Waals surface area contributed by atoms with Gasteiger partial charge in [-0.2, -0.15) is 10.1 Å². The van der Waals surface area contributed by atoms with E-state index in [4.69, 9.17) is 9.63 Å². The Hall–Kier alpha value is -2.51. The molecule has 142 valence electrons. The number of hydrogen-bond acceptors (Lipinski definition) is 6. The molecule has 0 spiro atoms. The number of aliphatic hydroxyl groups excluding tert-OH is 1. The molecular weight excluding hydrogens is 342 g/mol. The first kappa shape index (κ1) is 17.9. The van der Waals surface area contributed by atoms with E-state index >= 15 is 0 Å². The van der Waals surface area contributed by atoms with Crippen molar-refractivity contribution in [1.29, 1.82) is 0 Å². The minimum absolute atomic E-state index is 0.109. The largest absolute Gasteiger partial charge is 0.394 e. The highest BCUT2D eigenvalue weighted by molar-refractivity contribution is 5.58. The summed E-state index contributed by atoms with van der Waals surface area (Å²) in [7, 11) is 0. The lowest BCUT2D eigenvalue weighted by Gasteiger charge is -2.30. The van der Waals surface area contributed by atoms with E-state index in [9.17, 15) is 0 Å². The number of rotatable bonds is 6. The van der Waals surface area contributed by atoms with Gasteiger partial charge in [0.05, 0.1) is 25.4 Å². The van der Waals surface area contributed by atoms with Gasteiger partial charge in [0.2, 0.25) is 11.7 Å². The molecule has 27 heavy (non-hydrogen) atoms. The number of aliphatic hydroxyl groups is 1. The summed E-state index contributed by atoms with van der Waals surface area (Å²) in [6.07, 6.45) is 4.19. The maximum atomic E-state index is 9.05. The van der Waals surface area contributed by atoms with E-state index < -0.39 is 0 Å². The van der Waals surface area contributed by atoms with Gasteiger partial charge in [-0.15, -0.1) is 0 Å². The predicted molar refractivity (Wildman–Crippen MR) is 101 cm³/mol. The average Bonchev–Trinajstić information content (AvgIpc) is 3.33. The normalized spacial score (nSPS) is 18.1. The third kappa shape index (κ3) is 4.09. The van der Waals surface area contributed by atoms with E-state index in [0.717, 1.165) is 42.8 Å². The van der Waals surface area contributed by atoms with Crippen molar-refractivity contribution in [2.45, 2.75) is 38.8 Å². The molecule has 0 aliphatic carbocycles. The molecule has 1 aliphatic heterocycles. The predicted octanol–water partition coefficient (Wildman–Crippen LogP) is 2.61. The molecule has 1 atom stereocenters. The molecule has 1 aromatic carbocycles. The van der Waals surface area contributed by atoms with Gasteiger partial charge in [0, 0.05) is 24.2 Å². The number of benzene rings is 1. The quantitative estimate of drug-likeness (QED) is 0.721. The van der Waals surface area contributed by atoms with E-state index in [1.165, 1.54) is 0 Å². The summed E-state index contributed by atoms with van der Waals surface area (Å²) in [6.45, 7) is 5.32. The zero-order valence-electron chi connectivity index (χ0n) is 15.6. The van der Waals surface area contributed by atoms with Crippen LogP contribution >= 0.6 is 0 Å². The lowest BCUT2D eigenvalue weighted by molar-refractivity contribution is 0.175. The molecule has 1 aliphatic rings. The van der Waals surface area contributed by atoms with Crippen molar-refractivity contribution in [2.75, 3.05) is 19.7 Å². The van der Waals surface area contributed by atoms with Gasteiger partial charge in [0.1, 0.15) is 0 Å². The Kier molecular flexibility index (Phi) is 5.31. The number of aryl methyl sites for hydroxylation is 1. The highest BCUT2D eigenvalue weighted by Crippen LogP contribution is 2.27. The minimum atomic E-state index is 0.109. The molecule has 0 unspecified atom stereocenters. The molecule has 1 saturated heterocycles. The number of likely N-dealkylation sites (tertiary alicyclic amines) is 1. The summed E-state index contributed by atoms with van der Waals surface area (Å²) in [5.74, 6) is 1.71. The molecule has 4 rings (SSSR count). The first-order valence-electron chi connectivity index (χ1n) is 9.48. The second-order valence-electron chi connectivity index (χ2n) is 7.13. The fourth-order valence-corrected chi connectivity index (χ4v) is 3.71. The monoisotopic (exact) mass is 367 g/mol. The highest BCUT2D eigenvalue weighted by Gasteiger charge is 2.24. The van der Waals surface area contributed by atoms with Crippen molar-refractivity contribution >= 4 is 0 Å². The number of hydrogen-bond donors (Lipinski definition) is 1. The summed E-state index contributed by atoms with van der Waals surface area (Å²) < 4.78 is 7.31. The second-order valence-corrected chi connectivity index (χ2v) is 7.13. The summed E-state index contributed by atoms with van der Waals surface area (Å²) >= 11 is 0. The van der Waals surface area contributed by atoms with Gasteiger partial charge in [-0.05, 0) is 37.9 Å². The molecule has 0 bridgehead atoms. The molecule has 1 N–H and O–H groups in total. The van der Waals surface area contributed by atoms with Gasteiger partial charge in [-0.25, -0.2) is 0 Å². The zero-order chi connectivity index (χ0) is 18.6. The van der Waals surface area contributed by atoms with Gasteiger partial charge >= 0.3 is 0 Å². The van der Waals surface area contributed by atoms with E-state index in [-0.39, 0.29) is 6.61 Å². The van der Waals surface area contributed by atoms with Crippen LogP contribution in [-0.4, -0.2) is 49.6 Å². The van der Waals surface area contributed by atoms with Gasteiger partial charge in [-0.3, -0.25) is 9.58 Å². The molecular formula is C20H25N5O2. The topological polar surface area (TPSA) is 80.2 Å². The lowest BCUT2D eigenvalue weighted by atomic mass is 9.95. The van der Waals surface area contributed by atoms with Crippen molar-refractivity contribution in [1.82, 2.24) is 24.8 Å². The van der Waals surface area contributed by atoms with Gasteiger partial charge in [0.15, 0.2) is 0 Å². The van der Waals surface area contributed by atoms with E-state index in [1.807, 2.05) is 24.4 Å². The molecule has 7 nitrogen and oxygen atoms in total. The molecule has 0 amide bonds. The summed E-state index contributed by atoms with van der Waals surface area (Å²) in [5.41, 5.74) is 3.25. The Morgan fingerprint density at radius 3 is 3.00 bits per heavy atom. The fourth-order valence-electron chi connectivity index (χ4n) is 3.71. The van der Waals surface area contributed by atoms with Crippen LogP contribution in [0.2, 0.25) is 0 Å². The Morgan fingerprint density at radius 1 is 1.26 bits per heavy atom. The van der Waals surface area contributed by atoms with Crippen LogP contribution in [0.15, 0.2) is 41.1 Å². The summed E-state index contributed by atoms with van der Waals surface area (Å²) in [4.78, 5) is 6.95. The smallest absolute Gasteiger partial charge is 0.241 e. The first-order valence-corrected chi connectivity index (χ1v) is 9.48. The standard InChI is InChI=1S/C20H25N5O2/c1-15-5-2-3-7-17(15)20-21-19(27-23-20)14-24-9-4-6-16(13-24)18-8-10-25(22-18)11-12-26/h2-3,5,7-8,10,16,26H,4,6,9,11-14H2,1H3/t16-/m0/s1. The zero-order valence-corrected chi connectivity index (χ0v) is 15.6. The molecule has 7 heteroatoms. The highest BCUT2D eigenvalue weighted by atomic mass is 16.5. The molecule has 0 saturated carbocycles. The van der Waals surface area contributed by atoms with Crippen molar-refractivity contribution < 1.29 is 9.63 Å². The Labute approximate surface area is 158 Å². The van der Waals surface area contributed by atoms with Crippen LogP contribution in [0.4, 0.5) is 0 Å². The maximum Gasteiger partial charge on any atom is 0.241 e. The Morgan fingerprint density at radius 2 is 2.15 bits per heavy atom. The molecule has 2 aromatic heterocycles. The molecule has 3 heterocycles. The van der Waals surface area contributed by atoms with Gasteiger partial charge < -0.3 is 9.63 Å². The Bertz CT molecular complexity index is 888. The van der Waals surface area contributed by atoms with Crippen LogP contribution in [0, 0.1) is 6.92 Å². The van der Waals surface area contributed by atoms with Crippen LogP contribution < -0.4 is 0 Å². The van der Waals surface area contributed by atoms with Gasteiger partial charge in [0.25, 0.3) is 0 Å². The van der Waals surface area contributed by atoms with Crippen molar-refractivity contribution in [3.63, 3.8) is 0 Å². The summed E-state index contributed by atoms with van der Waals surface area (Å²) in [6, 6.07) is 10.1. The third-order valence-electron chi connectivity index (χ3n) is 5.13. The summed E-state index contributed by atoms with van der Waals surface area (Å²) in [5, 5.41) is 17.8. The Balaban J connectivity index is 1.41. The van der Waals surface area contributed by atoms with E-state index in [1.54, 1.807) is 4.68 Å². The van der Waals surface area contributed by atoms with Crippen LogP contribution in [0.5, 0.6) is 0 Å². The van der Waals surface area contributed by atoms with Crippen molar-refractivity contribution in [3.05, 3.63) is 53.7 Å². The molecule has 1 fully saturated rings. The third-order valence-corrected chi connectivity index (χ3v) is 5.13. The van der Waals surface area contributed by atoms with E-state index in [0.29, 0.717) is 30.7 Å². The number of piperidine rings is 1. The van der Waals surface area contributed by atoms with Crippen LogP contribution in [-0.2, 0) is 13.1 Å². The second kappa shape index (κ2) is 8.02. The average molecular weight is 367 g/mol. The van der Waals surface area contributed by atoms with E-state index in [2.05, 4.69) is 39.2 Å².